The highest BCUT2D eigenvalue weighted by Crippen LogP contribution is 2.43. The summed E-state index contributed by atoms with van der Waals surface area (Å²) in [5, 5.41) is 0. The SMILES string of the molecule is Cc1ccc([C@H](C)N)c(OC2CCOC3(CCC3)C2)c1. The molecule has 3 rings (SSSR count). The van der Waals surface area contributed by atoms with Gasteiger partial charge in [0.2, 0.25) is 0 Å². The van der Waals surface area contributed by atoms with Crippen molar-refractivity contribution in [2.75, 3.05) is 6.61 Å². The molecule has 1 aliphatic carbocycles. The molecule has 0 amide bonds. The molecule has 1 aromatic carbocycles. The van der Waals surface area contributed by atoms with Gasteiger partial charge in [-0.3, -0.25) is 0 Å². The Hall–Kier alpha value is -1.06. The number of nitrogens with two attached hydrogens (primary N) is 1. The van der Waals surface area contributed by atoms with Crippen molar-refractivity contribution in [1.82, 2.24) is 0 Å². The van der Waals surface area contributed by atoms with E-state index in [1.807, 2.05) is 6.92 Å². The van der Waals surface area contributed by atoms with Crippen molar-refractivity contribution in [2.45, 2.75) is 63.7 Å². The van der Waals surface area contributed by atoms with Crippen LogP contribution in [0.25, 0.3) is 0 Å². The van der Waals surface area contributed by atoms with Crippen molar-refractivity contribution in [3.05, 3.63) is 29.3 Å². The van der Waals surface area contributed by atoms with E-state index < -0.39 is 0 Å². The average molecular weight is 275 g/mol. The Morgan fingerprint density at radius 1 is 1.40 bits per heavy atom. The van der Waals surface area contributed by atoms with E-state index in [4.69, 9.17) is 15.2 Å². The minimum atomic E-state index is 0.00287. The minimum absolute atomic E-state index is 0.00287. The number of ether oxygens (including phenoxy) is 2. The van der Waals surface area contributed by atoms with Gasteiger partial charge in [0.05, 0.1) is 12.2 Å². The van der Waals surface area contributed by atoms with Gasteiger partial charge in [0, 0.05) is 24.4 Å². The maximum Gasteiger partial charge on any atom is 0.124 e. The Labute approximate surface area is 121 Å². The molecule has 2 atom stereocenters. The second-order valence-corrected chi connectivity index (χ2v) is 6.45. The zero-order valence-electron chi connectivity index (χ0n) is 12.5. The quantitative estimate of drug-likeness (QED) is 0.918. The van der Waals surface area contributed by atoms with Crippen molar-refractivity contribution >= 4 is 0 Å². The zero-order valence-corrected chi connectivity index (χ0v) is 12.5. The normalized spacial score (nSPS) is 26.1. The predicted molar refractivity (Wildman–Crippen MR) is 80.0 cm³/mol. The van der Waals surface area contributed by atoms with Gasteiger partial charge >= 0.3 is 0 Å². The van der Waals surface area contributed by atoms with Crippen LogP contribution >= 0.6 is 0 Å². The smallest absolute Gasteiger partial charge is 0.124 e. The second kappa shape index (κ2) is 5.38. The van der Waals surface area contributed by atoms with Crippen molar-refractivity contribution in [2.24, 2.45) is 5.73 Å². The maximum atomic E-state index is 6.30. The van der Waals surface area contributed by atoms with Crippen LogP contribution in [0.5, 0.6) is 5.75 Å². The number of rotatable bonds is 3. The molecule has 1 aromatic rings. The third-order valence-corrected chi connectivity index (χ3v) is 4.67. The highest BCUT2D eigenvalue weighted by molar-refractivity contribution is 5.39. The van der Waals surface area contributed by atoms with Crippen LogP contribution < -0.4 is 10.5 Å². The number of hydrogen-bond acceptors (Lipinski definition) is 3. The Morgan fingerprint density at radius 3 is 2.85 bits per heavy atom. The molecule has 1 aliphatic heterocycles. The lowest BCUT2D eigenvalue weighted by atomic mass is 9.74. The molecular weight excluding hydrogens is 250 g/mol. The fourth-order valence-electron chi connectivity index (χ4n) is 3.30. The molecule has 1 saturated carbocycles. The molecule has 3 heteroatoms. The van der Waals surface area contributed by atoms with Gasteiger partial charge in [-0.05, 0) is 44.7 Å². The summed E-state index contributed by atoms with van der Waals surface area (Å²) >= 11 is 0. The van der Waals surface area contributed by atoms with Crippen LogP contribution in [-0.2, 0) is 4.74 Å². The predicted octanol–water partition coefficient (Wildman–Crippen LogP) is 3.50. The average Bonchev–Trinajstić information content (AvgIpc) is 2.37. The third-order valence-electron chi connectivity index (χ3n) is 4.67. The first-order chi connectivity index (χ1) is 9.58. The second-order valence-electron chi connectivity index (χ2n) is 6.45. The van der Waals surface area contributed by atoms with Gasteiger partial charge in [-0.1, -0.05) is 12.1 Å². The first kappa shape index (κ1) is 13.9. The highest BCUT2D eigenvalue weighted by atomic mass is 16.5. The van der Waals surface area contributed by atoms with E-state index in [0.29, 0.717) is 0 Å². The molecule has 3 nitrogen and oxygen atoms in total. The van der Waals surface area contributed by atoms with Crippen LogP contribution in [0.3, 0.4) is 0 Å². The zero-order chi connectivity index (χ0) is 14.2. The molecule has 1 spiro atoms. The standard InChI is InChI=1S/C17H25NO2/c1-12-4-5-15(13(2)18)16(10-12)20-14-6-9-19-17(11-14)7-3-8-17/h4-5,10,13-14H,3,6-9,11,18H2,1-2H3/t13-,14?/m0/s1. The lowest BCUT2D eigenvalue weighted by molar-refractivity contribution is -0.153. The van der Waals surface area contributed by atoms with E-state index in [9.17, 15) is 0 Å². The third kappa shape index (κ3) is 2.70. The van der Waals surface area contributed by atoms with Gasteiger partial charge in [0.1, 0.15) is 11.9 Å². The molecule has 2 fully saturated rings. The summed E-state index contributed by atoms with van der Waals surface area (Å²) in [5.41, 5.74) is 8.50. The van der Waals surface area contributed by atoms with E-state index in [2.05, 4.69) is 25.1 Å². The van der Waals surface area contributed by atoms with Crippen molar-refractivity contribution in [3.8, 4) is 5.75 Å². The molecule has 110 valence electrons. The van der Waals surface area contributed by atoms with Gasteiger partial charge in [-0.15, -0.1) is 0 Å². The Kier molecular flexibility index (Phi) is 3.74. The Bertz CT molecular complexity index is 480. The lowest BCUT2D eigenvalue weighted by Gasteiger charge is -2.47. The van der Waals surface area contributed by atoms with E-state index >= 15 is 0 Å². The highest BCUT2D eigenvalue weighted by Gasteiger charge is 2.43. The largest absolute Gasteiger partial charge is 0.490 e. The molecule has 1 heterocycles. The molecule has 2 N–H and O–H groups in total. The van der Waals surface area contributed by atoms with Crippen molar-refractivity contribution < 1.29 is 9.47 Å². The molecule has 0 aromatic heterocycles. The minimum Gasteiger partial charge on any atom is -0.490 e. The van der Waals surface area contributed by atoms with E-state index in [1.54, 1.807) is 0 Å². The van der Waals surface area contributed by atoms with Crippen molar-refractivity contribution in [1.29, 1.82) is 0 Å². The van der Waals surface area contributed by atoms with Gasteiger partial charge in [0.25, 0.3) is 0 Å². The van der Waals surface area contributed by atoms with E-state index in [1.165, 1.54) is 24.8 Å². The summed E-state index contributed by atoms with van der Waals surface area (Å²) in [6, 6.07) is 6.31. The van der Waals surface area contributed by atoms with Crippen LogP contribution in [0.2, 0.25) is 0 Å². The van der Waals surface area contributed by atoms with Gasteiger partial charge in [-0.2, -0.15) is 0 Å². The van der Waals surface area contributed by atoms with Crippen LogP contribution in [0.15, 0.2) is 18.2 Å². The number of benzene rings is 1. The maximum absolute atomic E-state index is 6.30. The number of aryl methyl sites for hydroxylation is 1. The Balaban J connectivity index is 1.75. The first-order valence-electron chi connectivity index (χ1n) is 7.75. The topological polar surface area (TPSA) is 44.5 Å². The van der Waals surface area contributed by atoms with Gasteiger partial charge in [0.15, 0.2) is 0 Å². The monoisotopic (exact) mass is 275 g/mol. The van der Waals surface area contributed by atoms with Crippen LogP contribution in [0.4, 0.5) is 0 Å². The molecule has 20 heavy (non-hydrogen) atoms. The van der Waals surface area contributed by atoms with Crippen LogP contribution in [-0.4, -0.2) is 18.3 Å². The molecule has 1 unspecified atom stereocenters. The van der Waals surface area contributed by atoms with Crippen molar-refractivity contribution in [3.63, 3.8) is 0 Å². The van der Waals surface area contributed by atoms with Gasteiger partial charge in [-0.25, -0.2) is 0 Å². The molecule has 0 bridgehead atoms. The molecular formula is C17H25NO2. The number of hydrogen-bond donors (Lipinski definition) is 1. The van der Waals surface area contributed by atoms with Crippen LogP contribution in [0, 0.1) is 6.92 Å². The summed E-state index contributed by atoms with van der Waals surface area (Å²) in [7, 11) is 0. The summed E-state index contributed by atoms with van der Waals surface area (Å²) < 4.78 is 12.3. The first-order valence-corrected chi connectivity index (χ1v) is 7.75. The summed E-state index contributed by atoms with van der Waals surface area (Å²) in [4.78, 5) is 0. The summed E-state index contributed by atoms with van der Waals surface area (Å²) in [5.74, 6) is 0.960. The molecule has 1 saturated heterocycles. The fourth-order valence-corrected chi connectivity index (χ4v) is 3.30. The fraction of sp³-hybridized carbons (Fsp3) is 0.647. The van der Waals surface area contributed by atoms with E-state index in [-0.39, 0.29) is 17.7 Å². The molecule has 2 aliphatic rings. The van der Waals surface area contributed by atoms with Crippen LogP contribution in [0.1, 0.15) is 56.2 Å². The van der Waals surface area contributed by atoms with E-state index in [0.717, 1.165) is 30.8 Å². The lowest BCUT2D eigenvalue weighted by Crippen LogP contribution is -2.48. The summed E-state index contributed by atoms with van der Waals surface area (Å²) in [6.45, 7) is 4.92. The molecule has 0 radical (unpaired) electrons. The van der Waals surface area contributed by atoms with Gasteiger partial charge < -0.3 is 15.2 Å². The Morgan fingerprint density at radius 2 is 2.20 bits per heavy atom. The summed E-state index contributed by atoms with van der Waals surface area (Å²) in [6.07, 6.45) is 5.96.